The van der Waals surface area contributed by atoms with Gasteiger partial charge in [-0.3, -0.25) is 0 Å². The Balaban J connectivity index is 1.24. The van der Waals surface area contributed by atoms with Gasteiger partial charge in [-0.05, 0) is 0 Å². The normalized spacial score (nSPS) is 11.4. The van der Waals surface area contributed by atoms with E-state index in [-0.39, 0.29) is 14.5 Å². The van der Waals surface area contributed by atoms with E-state index in [1.165, 1.54) is 30.6 Å². The molecule has 47 heavy (non-hydrogen) atoms. The van der Waals surface area contributed by atoms with Crippen LogP contribution in [0.15, 0.2) is 158 Å². The zero-order valence-corrected chi connectivity index (χ0v) is 26.9. The molecular formula is C42H26N4Se. The minimum atomic E-state index is 0.116. The van der Waals surface area contributed by atoms with Crippen molar-refractivity contribution in [1.82, 2.24) is 19.9 Å². The van der Waals surface area contributed by atoms with Crippen LogP contribution in [-0.4, -0.2) is 34.4 Å². The number of aromatic nitrogens is 4. The molecule has 2 aromatic heterocycles. The minimum absolute atomic E-state index is 0.116. The summed E-state index contributed by atoms with van der Waals surface area (Å²) in [5, 5.41) is 4.83. The number of hydrogen-bond donors (Lipinski definition) is 0. The van der Waals surface area contributed by atoms with Gasteiger partial charge in [-0.2, -0.15) is 0 Å². The summed E-state index contributed by atoms with van der Waals surface area (Å²) in [5.74, 6) is 1.96. The molecule has 9 aromatic rings. The van der Waals surface area contributed by atoms with Crippen LogP contribution in [0, 0.1) is 0 Å². The maximum atomic E-state index is 5.07. The Morgan fingerprint density at radius 2 is 0.936 bits per heavy atom. The van der Waals surface area contributed by atoms with E-state index in [9.17, 15) is 0 Å². The van der Waals surface area contributed by atoms with Crippen LogP contribution in [0.25, 0.3) is 86.7 Å². The van der Waals surface area contributed by atoms with Crippen molar-refractivity contribution in [3.05, 3.63) is 158 Å². The molecule has 0 unspecified atom stereocenters. The van der Waals surface area contributed by atoms with Crippen molar-refractivity contribution < 1.29 is 0 Å². The number of fused-ring (bicyclic) bond motifs is 4. The summed E-state index contributed by atoms with van der Waals surface area (Å²) >= 11 is 0.116. The van der Waals surface area contributed by atoms with E-state index in [1.54, 1.807) is 0 Å². The topological polar surface area (TPSA) is 51.6 Å². The molecule has 9 rings (SSSR count). The van der Waals surface area contributed by atoms with Crippen molar-refractivity contribution in [1.29, 1.82) is 0 Å². The van der Waals surface area contributed by atoms with Crippen LogP contribution in [0.3, 0.4) is 0 Å². The van der Waals surface area contributed by atoms with Gasteiger partial charge in [0.15, 0.2) is 0 Å². The van der Waals surface area contributed by atoms with E-state index in [4.69, 9.17) is 19.9 Å². The van der Waals surface area contributed by atoms with E-state index in [1.807, 2.05) is 60.7 Å². The predicted molar refractivity (Wildman–Crippen MR) is 194 cm³/mol. The van der Waals surface area contributed by atoms with Crippen LogP contribution in [0.4, 0.5) is 0 Å². The molecule has 0 N–H and O–H groups in total. The van der Waals surface area contributed by atoms with Gasteiger partial charge in [0, 0.05) is 0 Å². The molecule has 0 aliphatic carbocycles. The third-order valence-corrected chi connectivity index (χ3v) is 10.9. The minimum Gasteiger partial charge on any atom is -0.0615 e. The van der Waals surface area contributed by atoms with Gasteiger partial charge in [-0.1, -0.05) is 36.4 Å². The van der Waals surface area contributed by atoms with Crippen LogP contribution in [0.5, 0.6) is 0 Å². The Morgan fingerprint density at radius 3 is 1.62 bits per heavy atom. The molecule has 0 aliphatic heterocycles. The third-order valence-electron chi connectivity index (χ3n) is 8.52. The molecular weight excluding hydrogens is 639 g/mol. The summed E-state index contributed by atoms with van der Waals surface area (Å²) < 4.78 is 2.52. The van der Waals surface area contributed by atoms with Gasteiger partial charge in [0.1, 0.15) is 0 Å². The third kappa shape index (κ3) is 5.12. The van der Waals surface area contributed by atoms with E-state index >= 15 is 0 Å². The summed E-state index contributed by atoms with van der Waals surface area (Å²) in [4.78, 5) is 20.1. The quantitative estimate of drug-likeness (QED) is 0.172. The van der Waals surface area contributed by atoms with Crippen LogP contribution in [0.1, 0.15) is 0 Å². The van der Waals surface area contributed by atoms with Gasteiger partial charge in [0.25, 0.3) is 0 Å². The van der Waals surface area contributed by atoms with Gasteiger partial charge < -0.3 is 0 Å². The van der Waals surface area contributed by atoms with Crippen LogP contribution in [-0.2, 0) is 0 Å². The maximum absolute atomic E-state index is 5.07. The summed E-state index contributed by atoms with van der Waals surface area (Å²) in [5.41, 5.74) is 7.46. The van der Waals surface area contributed by atoms with Crippen LogP contribution < -0.4 is 0 Å². The molecule has 0 saturated heterocycles. The van der Waals surface area contributed by atoms with Gasteiger partial charge in [0.05, 0.1) is 0 Å². The monoisotopic (exact) mass is 666 g/mol. The number of benzene rings is 7. The summed E-state index contributed by atoms with van der Waals surface area (Å²) in [6.07, 6.45) is 0. The van der Waals surface area contributed by atoms with Crippen molar-refractivity contribution in [2.45, 2.75) is 0 Å². The van der Waals surface area contributed by atoms with Crippen molar-refractivity contribution in [3.8, 4) is 55.4 Å². The molecule has 0 atom stereocenters. The average molecular weight is 666 g/mol. The fourth-order valence-corrected chi connectivity index (χ4v) is 8.49. The van der Waals surface area contributed by atoms with Gasteiger partial charge in [0.2, 0.25) is 0 Å². The molecule has 2 heterocycles. The molecule has 0 aliphatic rings. The Morgan fingerprint density at radius 1 is 0.362 bits per heavy atom. The van der Waals surface area contributed by atoms with Gasteiger partial charge >= 0.3 is 243 Å². The van der Waals surface area contributed by atoms with Crippen molar-refractivity contribution in [2.75, 3.05) is 0 Å². The zero-order valence-electron chi connectivity index (χ0n) is 25.2. The molecule has 0 amide bonds. The van der Waals surface area contributed by atoms with E-state index in [0.29, 0.717) is 17.5 Å². The zero-order chi connectivity index (χ0) is 31.2. The fraction of sp³-hybridized carbons (Fsp3) is 0. The van der Waals surface area contributed by atoms with Gasteiger partial charge in [-0.15, -0.1) is 0 Å². The first-order chi connectivity index (χ1) is 23.3. The molecule has 0 radical (unpaired) electrons. The molecule has 4 nitrogen and oxygen atoms in total. The Labute approximate surface area is 277 Å². The predicted octanol–water partition coefficient (Wildman–Crippen LogP) is 10.1. The van der Waals surface area contributed by atoms with Crippen LogP contribution >= 0.6 is 0 Å². The molecule has 5 heteroatoms. The fourth-order valence-electron chi connectivity index (χ4n) is 6.19. The Kier molecular flexibility index (Phi) is 6.78. The summed E-state index contributed by atoms with van der Waals surface area (Å²) in [6.45, 7) is 0. The first-order valence-corrected chi connectivity index (χ1v) is 17.3. The number of hydrogen-bond acceptors (Lipinski definition) is 4. The van der Waals surface area contributed by atoms with Gasteiger partial charge in [-0.25, -0.2) is 0 Å². The molecule has 0 spiro atoms. The Bertz CT molecular complexity index is 2500. The SMILES string of the molecule is c1ccc(-c2nc(-c3ccccc3)nc(-c3cc(-c4ccc5ccc6nc(-c7ccccc7)[se]c6c5c4)c4ccccc4c3)n2)cc1. The second kappa shape index (κ2) is 11.6. The number of nitrogens with zero attached hydrogens (tertiary/aromatic N) is 4. The molecule has 0 saturated carbocycles. The molecule has 0 bridgehead atoms. The molecule has 0 fully saturated rings. The van der Waals surface area contributed by atoms with Crippen molar-refractivity contribution >= 4 is 45.8 Å². The summed E-state index contributed by atoms with van der Waals surface area (Å²) in [6, 6.07) is 55.0. The Hall–Kier alpha value is -5.74. The average Bonchev–Trinajstić information content (AvgIpc) is 3.60. The second-order valence-corrected chi connectivity index (χ2v) is 13.6. The van der Waals surface area contributed by atoms with E-state index in [2.05, 4.69) is 97.1 Å². The van der Waals surface area contributed by atoms with E-state index in [0.717, 1.165) is 38.7 Å². The summed E-state index contributed by atoms with van der Waals surface area (Å²) in [7, 11) is 0. The number of rotatable bonds is 5. The molecule has 220 valence electrons. The molecule has 7 aromatic carbocycles. The smallest absolute Gasteiger partial charge is 0.0615 e. The second-order valence-electron chi connectivity index (χ2n) is 11.5. The van der Waals surface area contributed by atoms with Crippen molar-refractivity contribution in [2.24, 2.45) is 0 Å². The first kappa shape index (κ1) is 27.6. The standard InChI is InChI=1S/C42H26N4Se/c1-4-12-28(13-5-1)39-44-40(29-14-6-2-7-15-29)46-41(45-39)33-24-31-18-10-11-19-34(31)35(26-33)32-21-20-27-22-23-37-38(36(27)25-32)47-42(43-37)30-16-8-3-9-17-30/h1-26H. The first-order valence-electron chi connectivity index (χ1n) is 15.6. The van der Waals surface area contributed by atoms with Crippen LogP contribution in [0.2, 0.25) is 0 Å². The van der Waals surface area contributed by atoms with E-state index < -0.39 is 0 Å². The van der Waals surface area contributed by atoms with Crippen molar-refractivity contribution in [3.63, 3.8) is 0 Å².